The van der Waals surface area contributed by atoms with E-state index in [1.165, 1.54) is 77.4 Å². The van der Waals surface area contributed by atoms with Gasteiger partial charge in [0.15, 0.2) is 0 Å². The molecule has 1 heterocycles. The highest BCUT2D eigenvalue weighted by Gasteiger charge is 2.20. The van der Waals surface area contributed by atoms with Crippen LogP contribution in [0.2, 0.25) is 0 Å². The molecule has 0 spiro atoms. The Morgan fingerprint density at radius 2 is 1.05 bits per heavy atom. The van der Waals surface area contributed by atoms with Crippen molar-refractivity contribution < 1.29 is 4.42 Å². The van der Waals surface area contributed by atoms with Crippen molar-refractivity contribution in [3.8, 4) is 44.5 Å². The van der Waals surface area contributed by atoms with E-state index in [-0.39, 0.29) is 5.41 Å². The van der Waals surface area contributed by atoms with E-state index in [0.29, 0.717) is 5.92 Å². The molecule has 9 aromatic rings. The topological polar surface area (TPSA) is 16.4 Å². The molecule has 0 N–H and O–H groups in total. The van der Waals surface area contributed by atoms with Crippen LogP contribution < -0.4 is 4.90 Å². The van der Waals surface area contributed by atoms with E-state index in [0.717, 1.165) is 46.0 Å². The summed E-state index contributed by atoms with van der Waals surface area (Å²) >= 11 is 0. The zero-order valence-corrected chi connectivity index (χ0v) is 38.0. The van der Waals surface area contributed by atoms with Gasteiger partial charge in [-0.1, -0.05) is 180 Å². The van der Waals surface area contributed by atoms with Gasteiger partial charge in [0.1, 0.15) is 11.3 Å². The van der Waals surface area contributed by atoms with Crippen molar-refractivity contribution in [2.24, 2.45) is 0 Å². The number of hydrogen-bond acceptors (Lipinski definition) is 2. The summed E-state index contributed by atoms with van der Waals surface area (Å²) in [6.07, 6.45) is 9.33. The van der Waals surface area contributed by atoms with Gasteiger partial charge >= 0.3 is 0 Å². The number of fused-ring (bicyclic) bond motifs is 4. The molecular formula is C62H55NO. The monoisotopic (exact) mass is 829 g/mol. The van der Waals surface area contributed by atoms with E-state index < -0.39 is 0 Å². The van der Waals surface area contributed by atoms with E-state index in [9.17, 15) is 0 Å². The predicted octanol–water partition coefficient (Wildman–Crippen LogP) is 17.9. The fraction of sp³-hybridized carbons (Fsp3) is 0.161. The highest BCUT2D eigenvalue weighted by molar-refractivity contribution is 6.00. The number of furan rings is 1. The molecule has 314 valence electrons. The van der Waals surface area contributed by atoms with E-state index in [4.69, 9.17) is 4.42 Å². The standard InChI is InChI=1S/C62H55NO/c1-40(2)50-21-18-48-15-13-41(3)59(57(48)39-50)49-19-16-43(17-20-49)45-24-32-52(33-25-45)63(53-34-26-46(27-35-53)44-22-30-51(31-23-44)62(5,6)7)54-36-28-47(29-37-54)55-38-14-42(4)60-56-11-9-8-10-12-58(56)64-61(55)60/h8-10,12-40H,11H2,1-7H3. The molecule has 1 aromatic heterocycles. The summed E-state index contributed by atoms with van der Waals surface area (Å²) in [6, 6.07) is 60.9. The van der Waals surface area contributed by atoms with E-state index in [1.54, 1.807) is 0 Å². The summed E-state index contributed by atoms with van der Waals surface area (Å²) in [4.78, 5) is 2.36. The third kappa shape index (κ3) is 7.68. The largest absolute Gasteiger partial charge is 0.456 e. The van der Waals surface area contributed by atoms with Gasteiger partial charge in [-0.05, 0) is 146 Å². The normalized spacial score (nSPS) is 12.6. The molecule has 1 aliphatic rings. The average Bonchev–Trinajstić information content (AvgIpc) is 3.52. The first-order valence-corrected chi connectivity index (χ1v) is 22.7. The molecule has 8 aromatic carbocycles. The van der Waals surface area contributed by atoms with Gasteiger partial charge in [0.05, 0.1) is 0 Å². The smallest absolute Gasteiger partial charge is 0.143 e. The molecular weight excluding hydrogens is 775 g/mol. The van der Waals surface area contributed by atoms with Crippen molar-refractivity contribution >= 4 is 44.9 Å². The zero-order valence-electron chi connectivity index (χ0n) is 38.0. The van der Waals surface area contributed by atoms with Crippen molar-refractivity contribution in [2.75, 3.05) is 4.90 Å². The van der Waals surface area contributed by atoms with Crippen LogP contribution in [0.25, 0.3) is 72.3 Å². The Kier molecular flexibility index (Phi) is 10.6. The van der Waals surface area contributed by atoms with E-state index >= 15 is 0 Å². The first-order valence-electron chi connectivity index (χ1n) is 22.7. The van der Waals surface area contributed by atoms with Crippen molar-refractivity contribution in [3.05, 3.63) is 216 Å². The molecule has 0 saturated heterocycles. The third-order valence-electron chi connectivity index (χ3n) is 13.2. The number of nitrogens with zero attached hydrogens (tertiary/aromatic N) is 1. The Morgan fingerprint density at radius 3 is 1.62 bits per heavy atom. The summed E-state index contributed by atoms with van der Waals surface area (Å²) in [6.45, 7) is 15.7. The van der Waals surface area contributed by atoms with Crippen LogP contribution in [-0.4, -0.2) is 0 Å². The SMILES string of the molecule is Cc1ccc2ccc(C(C)C)cc2c1-c1ccc(-c2ccc(N(c3ccc(-c4ccc(C(C)(C)C)cc4)cc3)c3ccc(-c4ccc(C)c5c6c(oc45)C=CC=CC6)cc3)cc2)cc1. The van der Waals surface area contributed by atoms with Crippen LogP contribution in [-0.2, 0) is 11.8 Å². The quantitative estimate of drug-likeness (QED) is 0.152. The van der Waals surface area contributed by atoms with Gasteiger partial charge in [-0.25, -0.2) is 0 Å². The molecule has 2 heteroatoms. The minimum absolute atomic E-state index is 0.114. The molecule has 0 fully saturated rings. The molecule has 0 bridgehead atoms. The van der Waals surface area contributed by atoms with Crippen LogP contribution in [0.4, 0.5) is 17.1 Å². The van der Waals surface area contributed by atoms with Crippen molar-refractivity contribution in [1.82, 2.24) is 0 Å². The number of hydrogen-bond donors (Lipinski definition) is 0. The van der Waals surface area contributed by atoms with Gasteiger partial charge in [-0.3, -0.25) is 0 Å². The van der Waals surface area contributed by atoms with Crippen LogP contribution >= 0.6 is 0 Å². The second-order valence-electron chi connectivity index (χ2n) is 18.8. The molecule has 1 aliphatic carbocycles. The van der Waals surface area contributed by atoms with Crippen molar-refractivity contribution in [1.29, 1.82) is 0 Å². The van der Waals surface area contributed by atoms with Crippen molar-refractivity contribution in [3.63, 3.8) is 0 Å². The Labute approximate surface area is 378 Å². The predicted molar refractivity (Wildman–Crippen MR) is 274 cm³/mol. The molecule has 10 rings (SSSR count). The molecule has 0 aliphatic heterocycles. The highest BCUT2D eigenvalue weighted by atomic mass is 16.3. The summed E-state index contributed by atoms with van der Waals surface area (Å²) < 4.78 is 6.60. The van der Waals surface area contributed by atoms with Crippen LogP contribution in [0.3, 0.4) is 0 Å². The van der Waals surface area contributed by atoms with E-state index in [2.05, 4.69) is 241 Å². The summed E-state index contributed by atoms with van der Waals surface area (Å²) in [5, 5.41) is 3.82. The average molecular weight is 830 g/mol. The Balaban J connectivity index is 0.995. The maximum absolute atomic E-state index is 6.60. The number of allylic oxidation sites excluding steroid dienone is 3. The third-order valence-corrected chi connectivity index (χ3v) is 13.2. The molecule has 0 amide bonds. The highest BCUT2D eigenvalue weighted by Crippen LogP contribution is 2.42. The number of benzene rings is 8. The first-order chi connectivity index (χ1) is 31.0. The molecule has 2 nitrogen and oxygen atoms in total. The minimum atomic E-state index is 0.114. The van der Waals surface area contributed by atoms with Crippen LogP contribution in [0.15, 0.2) is 186 Å². The zero-order chi connectivity index (χ0) is 44.1. The summed E-state index contributed by atoms with van der Waals surface area (Å²) in [7, 11) is 0. The van der Waals surface area contributed by atoms with E-state index in [1.807, 2.05) is 0 Å². The Hall–Kier alpha value is -7.16. The summed E-state index contributed by atoms with van der Waals surface area (Å²) in [5.41, 5.74) is 20.4. The van der Waals surface area contributed by atoms with Gasteiger partial charge in [-0.15, -0.1) is 0 Å². The van der Waals surface area contributed by atoms with Gasteiger partial charge in [-0.2, -0.15) is 0 Å². The lowest BCUT2D eigenvalue weighted by molar-refractivity contribution is 0.590. The maximum Gasteiger partial charge on any atom is 0.143 e. The second kappa shape index (κ2) is 16.5. The lowest BCUT2D eigenvalue weighted by Crippen LogP contribution is -2.10. The molecule has 0 unspecified atom stereocenters. The lowest BCUT2D eigenvalue weighted by Gasteiger charge is -2.26. The Morgan fingerprint density at radius 1 is 0.531 bits per heavy atom. The molecule has 64 heavy (non-hydrogen) atoms. The lowest BCUT2D eigenvalue weighted by atomic mass is 9.86. The number of aryl methyl sites for hydroxylation is 2. The number of anilines is 3. The van der Waals surface area contributed by atoms with Crippen LogP contribution in [0.1, 0.15) is 74.1 Å². The summed E-state index contributed by atoms with van der Waals surface area (Å²) in [5.74, 6) is 1.43. The van der Waals surface area contributed by atoms with Gasteiger partial charge in [0.2, 0.25) is 0 Å². The van der Waals surface area contributed by atoms with Gasteiger partial charge < -0.3 is 9.32 Å². The minimum Gasteiger partial charge on any atom is -0.456 e. The molecule has 0 radical (unpaired) electrons. The molecule has 0 atom stereocenters. The molecule has 0 saturated carbocycles. The van der Waals surface area contributed by atoms with Gasteiger partial charge in [0, 0.05) is 33.6 Å². The number of rotatable bonds is 8. The van der Waals surface area contributed by atoms with Crippen LogP contribution in [0, 0.1) is 13.8 Å². The fourth-order valence-corrected chi connectivity index (χ4v) is 9.45. The van der Waals surface area contributed by atoms with Gasteiger partial charge in [0.25, 0.3) is 0 Å². The van der Waals surface area contributed by atoms with Crippen molar-refractivity contribution in [2.45, 2.75) is 66.2 Å². The maximum atomic E-state index is 6.60. The Bertz CT molecular complexity index is 3210. The second-order valence-corrected chi connectivity index (χ2v) is 18.8. The first kappa shape index (κ1) is 40.9. The fourth-order valence-electron chi connectivity index (χ4n) is 9.45. The van der Waals surface area contributed by atoms with Crippen LogP contribution in [0.5, 0.6) is 0 Å².